The summed E-state index contributed by atoms with van der Waals surface area (Å²) in [6, 6.07) is 6.51. The molecule has 0 amide bonds. The monoisotopic (exact) mass is 500 g/mol. The van der Waals surface area contributed by atoms with Gasteiger partial charge in [-0.05, 0) is 48.3 Å². The second kappa shape index (κ2) is 8.92. The molecule has 170 valence electrons. The Labute approximate surface area is 198 Å². The third-order valence-electron chi connectivity index (χ3n) is 4.97. The molecule has 5 nitrogen and oxygen atoms in total. The standard InChI is InChI=1S/C23H12F4N4OS2/c24-12-1-2-15(25)18(6-12)34-31-17-4-3-16(26)20(21(17)27)22(32)14-8-30-23-13(14)5-11(7-29-23)19-9-28-10-33-19/h1-10,31H,(H,29,30). The minimum Gasteiger partial charge on any atom is -0.345 e. The van der Waals surface area contributed by atoms with E-state index in [-0.39, 0.29) is 16.1 Å². The van der Waals surface area contributed by atoms with E-state index in [1.54, 1.807) is 24.0 Å². The van der Waals surface area contributed by atoms with E-state index in [1.165, 1.54) is 17.5 Å². The van der Waals surface area contributed by atoms with Crippen LogP contribution in [0.2, 0.25) is 0 Å². The van der Waals surface area contributed by atoms with Gasteiger partial charge in [0.25, 0.3) is 0 Å². The van der Waals surface area contributed by atoms with Crippen LogP contribution in [0.15, 0.2) is 65.4 Å². The number of ketones is 1. The van der Waals surface area contributed by atoms with E-state index in [0.29, 0.717) is 28.5 Å². The van der Waals surface area contributed by atoms with Gasteiger partial charge in [-0.2, -0.15) is 0 Å². The van der Waals surface area contributed by atoms with E-state index < -0.39 is 34.6 Å². The first-order valence-electron chi connectivity index (χ1n) is 9.69. The molecule has 0 aliphatic carbocycles. The van der Waals surface area contributed by atoms with Gasteiger partial charge in [-0.3, -0.25) is 9.78 Å². The van der Waals surface area contributed by atoms with E-state index in [9.17, 15) is 18.0 Å². The third-order valence-corrected chi connectivity index (χ3v) is 6.65. The molecule has 0 radical (unpaired) electrons. The highest BCUT2D eigenvalue weighted by atomic mass is 32.2. The van der Waals surface area contributed by atoms with Crippen LogP contribution < -0.4 is 4.72 Å². The van der Waals surface area contributed by atoms with Gasteiger partial charge in [-0.25, -0.2) is 22.5 Å². The summed E-state index contributed by atoms with van der Waals surface area (Å²) in [5.74, 6) is -4.51. The minimum absolute atomic E-state index is 0.0349. The normalized spacial score (nSPS) is 11.2. The molecule has 34 heavy (non-hydrogen) atoms. The number of rotatable bonds is 6. The number of benzene rings is 2. The summed E-state index contributed by atoms with van der Waals surface area (Å²) in [6.07, 6.45) is 4.59. The topological polar surface area (TPSA) is 70.7 Å². The number of hydrogen-bond donors (Lipinski definition) is 2. The minimum atomic E-state index is -1.16. The van der Waals surface area contributed by atoms with Gasteiger partial charge in [0.2, 0.25) is 5.78 Å². The quantitative estimate of drug-likeness (QED) is 0.156. The molecule has 0 atom stereocenters. The zero-order chi connectivity index (χ0) is 23.8. The maximum absolute atomic E-state index is 15.2. The summed E-state index contributed by atoms with van der Waals surface area (Å²) < 4.78 is 59.6. The van der Waals surface area contributed by atoms with Crippen LogP contribution in [0.3, 0.4) is 0 Å². The van der Waals surface area contributed by atoms with Gasteiger partial charge in [0, 0.05) is 35.1 Å². The fourth-order valence-corrected chi connectivity index (χ4v) is 4.64. The lowest BCUT2D eigenvalue weighted by Gasteiger charge is -2.11. The largest absolute Gasteiger partial charge is 0.345 e. The Kier molecular flexibility index (Phi) is 5.80. The summed E-state index contributed by atoms with van der Waals surface area (Å²) in [5.41, 5.74) is 1.72. The van der Waals surface area contributed by atoms with Crippen LogP contribution in [0.1, 0.15) is 15.9 Å². The molecule has 0 saturated carbocycles. The molecule has 3 heterocycles. The van der Waals surface area contributed by atoms with Crippen molar-refractivity contribution in [3.05, 3.63) is 94.9 Å². The number of hydrogen-bond acceptors (Lipinski definition) is 6. The number of H-pyrrole nitrogens is 1. The molecule has 0 fully saturated rings. The number of nitrogens with one attached hydrogen (secondary N) is 2. The molecule has 2 N–H and O–H groups in total. The number of pyridine rings is 1. The molecular formula is C23H12F4N4OS2. The number of fused-ring (bicyclic) bond motifs is 1. The number of nitrogens with zero attached hydrogens (tertiary/aromatic N) is 2. The van der Waals surface area contributed by atoms with Crippen molar-refractivity contribution in [3.8, 4) is 10.4 Å². The van der Waals surface area contributed by atoms with Crippen LogP contribution in [0, 0.1) is 23.3 Å². The zero-order valence-electron chi connectivity index (χ0n) is 16.9. The highest BCUT2D eigenvalue weighted by Gasteiger charge is 2.25. The van der Waals surface area contributed by atoms with Gasteiger partial charge < -0.3 is 9.71 Å². The van der Waals surface area contributed by atoms with Crippen LogP contribution in [0.25, 0.3) is 21.5 Å². The van der Waals surface area contributed by atoms with E-state index in [0.717, 1.165) is 35.2 Å². The van der Waals surface area contributed by atoms with E-state index in [4.69, 9.17) is 0 Å². The van der Waals surface area contributed by atoms with Gasteiger partial charge in [-0.1, -0.05) is 0 Å². The summed E-state index contributed by atoms with van der Waals surface area (Å²) in [4.78, 5) is 25.0. The fraction of sp³-hybridized carbons (Fsp3) is 0. The summed E-state index contributed by atoms with van der Waals surface area (Å²) in [6.45, 7) is 0. The number of carbonyl (C=O) groups is 1. The average molecular weight is 501 g/mol. The molecule has 0 spiro atoms. The van der Waals surface area contributed by atoms with Crippen molar-refractivity contribution in [2.75, 3.05) is 4.72 Å². The lowest BCUT2D eigenvalue weighted by molar-refractivity contribution is 0.103. The van der Waals surface area contributed by atoms with Crippen molar-refractivity contribution in [3.63, 3.8) is 0 Å². The Bertz CT molecular complexity index is 1540. The first-order valence-corrected chi connectivity index (χ1v) is 11.4. The SMILES string of the molecule is O=C(c1c(F)ccc(NSc2cc(F)ccc2F)c1F)c1c[nH]c2ncc(-c3cncs3)cc12. The predicted octanol–water partition coefficient (Wildman–Crippen LogP) is 6.59. The third kappa shape index (κ3) is 4.03. The van der Waals surface area contributed by atoms with Gasteiger partial charge in [0.15, 0.2) is 5.82 Å². The number of aromatic amines is 1. The van der Waals surface area contributed by atoms with Crippen molar-refractivity contribution < 1.29 is 22.4 Å². The molecule has 0 saturated heterocycles. The van der Waals surface area contributed by atoms with Crippen LogP contribution in [-0.2, 0) is 0 Å². The smallest absolute Gasteiger partial charge is 0.201 e. The van der Waals surface area contributed by atoms with Crippen molar-refractivity contribution in [1.29, 1.82) is 0 Å². The molecule has 0 aliphatic heterocycles. The summed E-state index contributed by atoms with van der Waals surface area (Å²) in [5, 5.41) is 0.393. The lowest BCUT2D eigenvalue weighted by atomic mass is 10.0. The number of halogens is 4. The van der Waals surface area contributed by atoms with Gasteiger partial charge in [-0.15, -0.1) is 11.3 Å². The number of aromatic nitrogens is 3. The molecule has 0 aliphatic rings. The van der Waals surface area contributed by atoms with Crippen molar-refractivity contribution in [1.82, 2.24) is 15.0 Å². The van der Waals surface area contributed by atoms with Crippen molar-refractivity contribution in [2.45, 2.75) is 4.90 Å². The molecule has 11 heteroatoms. The summed E-state index contributed by atoms with van der Waals surface area (Å²) >= 11 is 1.98. The van der Waals surface area contributed by atoms with Crippen LogP contribution in [0.4, 0.5) is 23.2 Å². The molecular weight excluding hydrogens is 488 g/mol. The molecule has 3 aromatic heterocycles. The zero-order valence-corrected chi connectivity index (χ0v) is 18.5. The highest BCUT2D eigenvalue weighted by Crippen LogP contribution is 2.32. The van der Waals surface area contributed by atoms with Crippen LogP contribution >= 0.6 is 23.3 Å². The van der Waals surface area contributed by atoms with E-state index in [2.05, 4.69) is 19.7 Å². The van der Waals surface area contributed by atoms with Crippen molar-refractivity contribution >= 4 is 45.8 Å². The molecule has 0 unspecified atom stereocenters. The number of thiazole rings is 1. The Morgan fingerprint density at radius 1 is 1.03 bits per heavy atom. The van der Waals surface area contributed by atoms with E-state index in [1.807, 2.05) is 0 Å². The molecule has 5 aromatic rings. The second-order valence-electron chi connectivity index (χ2n) is 7.08. The average Bonchev–Trinajstić information content (AvgIpc) is 3.50. The van der Waals surface area contributed by atoms with Gasteiger partial charge in [0.05, 0.1) is 26.5 Å². The maximum atomic E-state index is 15.2. The Hall–Kier alpha value is -3.70. The molecule has 0 bridgehead atoms. The fourth-order valence-electron chi connectivity index (χ4n) is 3.32. The molecule has 2 aromatic carbocycles. The summed E-state index contributed by atoms with van der Waals surface area (Å²) in [7, 11) is 0. The number of carbonyl (C=O) groups excluding carboxylic acids is 1. The van der Waals surface area contributed by atoms with Gasteiger partial charge in [0.1, 0.15) is 23.1 Å². The maximum Gasteiger partial charge on any atom is 0.201 e. The predicted molar refractivity (Wildman–Crippen MR) is 123 cm³/mol. The first kappa shape index (κ1) is 22.1. The Balaban J connectivity index is 1.50. The van der Waals surface area contributed by atoms with Gasteiger partial charge >= 0.3 is 0 Å². The lowest BCUT2D eigenvalue weighted by Crippen LogP contribution is -2.09. The second-order valence-corrected chi connectivity index (χ2v) is 8.81. The first-order chi connectivity index (χ1) is 16.4. The molecule has 5 rings (SSSR count). The Morgan fingerprint density at radius 2 is 1.85 bits per heavy atom. The highest BCUT2D eigenvalue weighted by molar-refractivity contribution is 8.00. The van der Waals surface area contributed by atoms with Crippen molar-refractivity contribution in [2.24, 2.45) is 0 Å². The van der Waals surface area contributed by atoms with Crippen LogP contribution in [0.5, 0.6) is 0 Å². The number of anilines is 1. The van der Waals surface area contributed by atoms with E-state index >= 15 is 4.39 Å². The Morgan fingerprint density at radius 3 is 2.65 bits per heavy atom. The van der Waals surface area contributed by atoms with Crippen LogP contribution in [-0.4, -0.2) is 20.7 Å².